The van der Waals surface area contributed by atoms with Gasteiger partial charge in [-0.3, -0.25) is 9.59 Å². The molecule has 18 heavy (non-hydrogen) atoms. The maximum atomic E-state index is 12.4. The molecular weight excluding hydrogens is 232 g/mol. The second-order valence-electron chi connectivity index (χ2n) is 4.51. The maximum absolute atomic E-state index is 12.4. The monoisotopic (exact) mass is 250 g/mol. The number of hydrogen-bond donors (Lipinski definition) is 1. The van der Waals surface area contributed by atoms with Crippen LogP contribution >= 0.6 is 0 Å². The first-order chi connectivity index (χ1) is 8.65. The smallest absolute Gasteiger partial charge is 0.258 e. The van der Waals surface area contributed by atoms with Crippen LogP contribution in [0.2, 0.25) is 0 Å². The van der Waals surface area contributed by atoms with E-state index in [1.807, 2.05) is 0 Å². The molecule has 0 spiro atoms. The molecule has 2 rings (SSSR count). The second kappa shape index (κ2) is 5.25. The molecule has 1 aromatic rings. The van der Waals surface area contributed by atoms with E-state index >= 15 is 0 Å². The Labute approximate surface area is 106 Å². The first-order valence-electron chi connectivity index (χ1n) is 6.22. The van der Waals surface area contributed by atoms with Crippen LogP contribution in [0.3, 0.4) is 0 Å². The molecule has 2 heterocycles. The summed E-state index contributed by atoms with van der Waals surface area (Å²) in [6, 6.07) is 1.30. The molecule has 1 aliphatic rings. The first kappa shape index (κ1) is 12.7. The number of nitrogens with one attached hydrogen (secondary N) is 1. The highest BCUT2D eigenvalue weighted by Gasteiger charge is 2.32. The normalized spacial score (nSPS) is 19.7. The Hall–Kier alpha value is -1.78. The lowest BCUT2D eigenvalue weighted by Gasteiger charge is -2.34. The van der Waals surface area contributed by atoms with E-state index < -0.39 is 0 Å². The molecule has 5 heteroatoms. The van der Waals surface area contributed by atoms with Crippen LogP contribution < -0.4 is 5.32 Å². The number of hydrogen-bond acceptors (Lipinski definition) is 3. The van der Waals surface area contributed by atoms with E-state index in [0.717, 1.165) is 19.3 Å². The van der Waals surface area contributed by atoms with Crippen molar-refractivity contribution in [2.24, 2.45) is 0 Å². The van der Waals surface area contributed by atoms with Gasteiger partial charge in [-0.05, 0) is 32.3 Å². The van der Waals surface area contributed by atoms with Gasteiger partial charge in [0.05, 0.1) is 11.8 Å². The first-order valence-corrected chi connectivity index (χ1v) is 6.22. The quantitative estimate of drug-likeness (QED) is 0.861. The van der Waals surface area contributed by atoms with E-state index in [1.54, 1.807) is 24.9 Å². The fraction of sp³-hybridized carbons (Fsp3) is 0.538. The average Bonchev–Trinajstić information content (AvgIpc) is 2.83. The van der Waals surface area contributed by atoms with E-state index in [9.17, 15) is 9.59 Å². The number of likely N-dealkylation sites (tertiary alicyclic amines) is 1. The average molecular weight is 250 g/mol. The minimum atomic E-state index is -0.356. The lowest BCUT2D eigenvalue weighted by Crippen LogP contribution is -2.51. The van der Waals surface area contributed by atoms with Gasteiger partial charge in [-0.25, -0.2) is 0 Å². The van der Waals surface area contributed by atoms with Crippen LogP contribution in [0.1, 0.15) is 35.4 Å². The minimum Gasteiger partial charge on any atom is -0.469 e. The zero-order valence-corrected chi connectivity index (χ0v) is 10.7. The zero-order valence-electron chi connectivity index (χ0n) is 10.7. The van der Waals surface area contributed by atoms with Crippen LogP contribution in [0, 0.1) is 6.92 Å². The third-order valence-corrected chi connectivity index (χ3v) is 3.40. The number of nitrogens with zero attached hydrogens (tertiary/aromatic N) is 1. The van der Waals surface area contributed by atoms with Gasteiger partial charge in [0.15, 0.2) is 0 Å². The van der Waals surface area contributed by atoms with Crippen molar-refractivity contribution in [2.75, 3.05) is 13.6 Å². The van der Waals surface area contributed by atoms with Gasteiger partial charge >= 0.3 is 0 Å². The summed E-state index contributed by atoms with van der Waals surface area (Å²) in [7, 11) is 1.60. The van der Waals surface area contributed by atoms with Crippen LogP contribution in [-0.4, -0.2) is 36.3 Å². The number of likely N-dealkylation sites (N-methyl/N-ethyl adjacent to an activating group) is 1. The van der Waals surface area contributed by atoms with Crippen molar-refractivity contribution in [1.82, 2.24) is 10.2 Å². The van der Waals surface area contributed by atoms with Crippen LogP contribution in [0.4, 0.5) is 0 Å². The summed E-state index contributed by atoms with van der Waals surface area (Å²) >= 11 is 0. The van der Waals surface area contributed by atoms with Crippen molar-refractivity contribution in [3.63, 3.8) is 0 Å². The molecule has 0 unspecified atom stereocenters. The second-order valence-corrected chi connectivity index (χ2v) is 4.51. The number of carbonyl (C=O) groups excluding carboxylic acids is 2. The molecule has 0 saturated carbocycles. The van der Waals surface area contributed by atoms with Crippen LogP contribution in [0.5, 0.6) is 0 Å². The number of aryl methyl sites for hydroxylation is 1. The lowest BCUT2D eigenvalue weighted by molar-refractivity contribution is -0.126. The summed E-state index contributed by atoms with van der Waals surface area (Å²) in [5, 5.41) is 2.62. The summed E-state index contributed by atoms with van der Waals surface area (Å²) in [6.07, 6.45) is 4.14. The van der Waals surface area contributed by atoms with Gasteiger partial charge in [0.25, 0.3) is 5.91 Å². The van der Waals surface area contributed by atoms with E-state index in [0.29, 0.717) is 17.9 Å². The molecule has 0 aliphatic carbocycles. The van der Waals surface area contributed by atoms with E-state index in [2.05, 4.69) is 5.32 Å². The number of rotatable bonds is 2. The summed E-state index contributed by atoms with van der Waals surface area (Å²) in [5.74, 6) is 0.389. The standard InChI is InChI=1S/C13H18N2O3/c1-9-10(6-8-18-9)13(17)15-7-4-3-5-11(15)12(16)14-2/h6,8,11H,3-5,7H2,1-2H3,(H,14,16)/t11-/m1/s1. The Bertz CT molecular complexity index is 453. The molecule has 0 radical (unpaired) electrons. The van der Waals surface area contributed by atoms with Crippen molar-refractivity contribution in [3.8, 4) is 0 Å². The van der Waals surface area contributed by atoms with Crippen LogP contribution in [0.15, 0.2) is 16.7 Å². The zero-order chi connectivity index (χ0) is 13.1. The topological polar surface area (TPSA) is 62.6 Å². The number of amides is 2. The third-order valence-electron chi connectivity index (χ3n) is 3.40. The molecule has 1 fully saturated rings. The molecule has 98 valence electrons. The van der Waals surface area contributed by atoms with E-state index in [1.165, 1.54) is 6.26 Å². The van der Waals surface area contributed by atoms with Crippen molar-refractivity contribution in [2.45, 2.75) is 32.2 Å². The van der Waals surface area contributed by atoms with E-state index in [-0.39, 0.29) is 17.9 Å². The van der Waals surface area contributed by atoms with Crippen LogP contribution in [-0.2, 0) is 4.79 Å². The Morgan fingerprint density at radius 3 is 2.83 bits per heavy atom. The van der Waals surface area contributed by atoms with Crippen molar-refractivity contribution in [1.29, 1.82) is 0 Å². The fourth-order valence-electron chi connectivity index (χ4n) is 2.38. The minimum absolute atomic E-state index is 0.0933. The van der Waals surface area contributed by atoms with Gasteiger partial charge in [0.2, 0.25) is 5.91 Å². The van der Waals surface area contributed by atoms with Gasteiger partial charge in [-0.1, -0.05) is 0 Å². The molecule has 0 bridgehead atoms. The van der Waals surface area contributed by atoms with Crippen molar-refractivity contribution < 1.29 is 14.0 Å². The molecule has 1 saturated heterocycles. The SMILES string of the molecule is CNC(=O)[C@H]1CCCCN1C(=O)c1ccoc1C. The number of carbonyl (C=O) groups is 2. The highest BCUT2D eigenvalue weighted by atomic mass is 16.3. The Morgan fingerprint density at radius 2 is 2.22 bits per heavy atom. The predicted molar refractivity (Wildman–Crippen MR) is 66.2 cm³/mol. The van der Waals surface area contributed by atoms with Gasteiger partial charge in [0.1, 0.15) is 11.8 Å². The largest absolute Gasteiger partial charge is 0.469 e. The van der Waals surface area contributed by atoms with Crippen molar-refractivity contribution in [3.05, 3.63) is 23.7 Å². The fourth-order valence-corrected chi connectivity index (χ4v) is 2.38. The molecule has 0 aromatic carbocycles. The summed E-state index contributed by atoms with van der Waals surface area (Å²) in [6.45, 7) is 2.38. The summed E-state index contributed by atoms with van der Waals surface area (Å²) in [5.41, 5.74) is 0.547. The third kappa shape index (κ3) is 2.25. The number of furan rings is 1. The predicted octanol–water partition coefficient (Wildman–Crippen LogP) is 1.33. The molecule has 1 aliphatic heterocycles. The maximum Gasteiger partial charge on any atom is 0.258 e. The molecular formula is C13H18N2O3. The summed E-state index contributed by atoms with van der Waals surface area (Å²) < 4.78 is 5.15. The molecule has 1 atom stereocenters. The van der Waals surface area contributed by atoms with Crippen molar-refractivity contribution >= 4 is 11.8 Å². The highest BCUT2D eigenvalue weighted by molar-refractivity contribution is 5.98. The molecule has 1 N–H and O–H groups in total. The number of piperidine rings is 1. The molecule has 1 aromatic heterocycles. The Balaban J connectivity index is 2.21. The Kier molecular flexibility index (Phi) is 3.69. The van der Waals surface area contributed by atoms with Crippen LogP contribution in [0.25, 0.3) is 0 Å². The summed E-state index contributed by atoms with van der Waals surface area (Å²) in [4.78, 5) is 25.9. The molecule has 5 nitrogen and oxygen atoms in total. The Morgan fingerprint density at radius 1 is 1.44 bits per heavy atom. The van der Waals surface area contributed by atoms with Gasteiger partial charge in [0, 0.05) is 13.6 Å². The van der Waals surface area contributed by atoms with Gasteiger partial charge in [-0.2, -0.15) is 0 Å². The van der Waals surface area contributed by atoms with Gasteiger partial charge < -0.3 is 14.6 Å². The highest BCUT2D eigenvalue weighted by Crippen LogP contribution is 2.21. The molecule has 2 amide bonds. The van der Waals surface area contributed by atoms with Gasteiger partial charge in [-0.15, -0.1) is 0 Å². The van der Waals surface area contributed by atoms with E-state index in [4.69, 9.17) is 4.42 Å². The lowest BCUT2D eigenvalue weighted by atomic mass is 10.00.